The van der Waals surface area contributed by atoms with Gasteiger partial charge in [-0.25, -0.2) is 10.3 Å². The van der Waals surface area contributed by atoms with E-state index in [1.807, 2.05) is 50.2 Å². The lowest BCUT2D eigenvalue weighted by Crippen LogP contribution is -2.54. The summed E-state index contributed by atoms with van der Waals surface area (Å²) in [5.41, 5.74) is 4.79. The summed E-state index contributed by atoms with van der Waals surface area (Å²) in [6.45, 7) is 4.43. The van der Waals surface area contributed by atoms with E-state index in [4.69, 9.17) is 4.74 Å². The van der Waals surface area contributed by atoms with Crippen LogP contribution in [0.15, 0.2) is 54.6 Å². The average molecular weight is 521 g/mol. The number of hydroxylamine groups is 1. The molecule has 0 aliphatic carbocycles. The van der Waals surface area contributed by atoms with E-state index < -0.39 is 29.9 Å². The standard InChI is InChI=1S/C28H32N4O6/c1-3-4-14-32(28(35)36)25(26(33)30-37)21-13-15-31(27(21)34)23-11-7-8-12-24(23)38-17-19-16-18(2)29-22-10-6-5-9-20(19)22/h5-12,16,21,25,37H,3-4,13-15,17H2,1-2H3,(H,30,33)(H,35,36)/t21-,25+/m1/s1. The van der Waals surface area contributed by atoms with Crippen LogP contribution in [0.5, 0.6) is 5.75 Å². The van der Waals surface area contributed by atoms with Gasteiger partial charge in [0, 0.05) is 29.7 Å². The van der Waals surface area contributed by atoms with Crippen LogP contribution in [-0.2, 0) is 16.2 Å². The quantitative estimate of drug-likeness (QED) is 0.270. The largest absolute Gasteiger partial charge is 0.487 e. The molecule has 1 aromatic heterocycles. The van der Waals surface area contributed by atoms with E-state index in [9.17, 15) is 24.7 Å². The molecular weight excluding hydrogens is 488 g/mol. The maximum Gasteiger partial charge on any atom is 0.408 e. The summed E-state index contributed by atoms with van der Waals surface area (Å²) < 4.78 is 6.20. The number of anilines is 1. The molecule has 10 heteroatoms. The number of pyridine rings is 1. The van der Waals surface area contributed by atoms with Crippen molar-refractivity contribution in [3.8, 4) is 5.75 Å². The zero-order valence-electron chi connectivity index (χ0n) is 21.5. The van der Waals surface area contributed by atoms with Gasteiger partial charge in [-0.15, -0.1) is 0 Å². The van der Waals surface area contributed by atoms with Gasteiger partial charge in [-0.1, -0.05) is 43.7 Å². The molecule has 200 valence electrons. The number of carbonyl (C=O) groups is 3. The number of fused-ring (bicyclic) bond motifs is 1. The number of carbonyl (C=O) groups excluding carboxylic acids is 2. The first kappa shape index (κ1) is 26.9. The molecule has 1 saturated heterocycles. The van der Waals surface area contributed by atoms with E-state index in [1.165, 1.54) is 4.90 Å². The number of aryl methyl sites for hydroxylation is 1. The van der Waals surface area contributed by atoms with E-state index in [0.29, 0.717) is 24.3 Å². The predicted molar refractivity (Wildman–Crippen MR) is 141 cm³/mol. The molecule has 0 bridgehead atoms. The first-order valence-corrected chi connectivity index (χ1v) is 12.7. The second kappa shape index (κ2) is 11.9. The number of benzene rings is 2. The number of nitrogens with zero attached hydrogens (tertiary/aromatic N) is 3. The minimum absolute atomic E-state index is 0.0761. The van der Waals surface area contributed by atoms with Crippen LogP contribution in [-0.4, -0.2) is 57.2 Å². The fraction of sp³-hybridized carbons (Fsp3) is 0.357. The molecule has 4 rings (SSSR count). The van der Waals surface area contributed by atoms with E-state index in [-0.39, 0.29) is 26.1 Å². The highest BCUT2D eigenvalue weighted by Crippen LogP contribution is 2.36. The number of para-hydroxylation sites is 3. The number of carboxylic acid groups (broad SMARTS) is 1. The van der Waals surface area contributed by atoms with Crippen LogP contribution in [0, 0.1) is 12.8 Å². The third-order valence-electron chi connectivity index (χ3n) is 6.81. The summed E-state index contributed by atoms with van der Waals surface area (Å²) in [5, 5.41) is 20.1. The highest BCUT2D eigenvalue weighted by atomic mass is 16.5. The summed E-state index contributed by atoms with van der Waals surface area (Å²) >= 11 is 0. The van der Waals surface area contributed by atoms with Crippen molar-refractivity contribution >= 4 is 34.5 Å². The van der Waals surface area contributed by atoms with E-state index >= 15 is 0 Å². The number of unbranched alkanes of at least 4 members (excludes halogenated alkanes) is 1. The van der Waals surface area contributed by atoms with Crippen molar-refractivity contribution in [2.75, 3.05) is 18.0 Å². The maximum absolute atomic E-state index is 13.6. The number of aromatic nitrogens is 1. The number of rotatable bonds is 10. The zero-order chi connectivity index (χ0) is 27.2. The number of hydrogen-bond acceptors (Lipinski definition) is 6. The number of hydrogen-bond donors (Lipinski definition) is 3. The van der Waals surface area contributed by atoms with E-state index in [0.717, 1.165) is 27.1 Å². The molecule has 10 nitrogen and oxygen atoms in total. The summed E-state index contributed by atoms with van der Waals surface area (Å²) in [5.74, 6) is -1.78. The van der Waals surface area contributed by atoms with Crippen LogP contribution in [0.4, 0.5) is 10.5 Å². The molecule has 3 aromatic rings. The second-order valence-corrected chi connectivity index (χ2v) is 9.33. The van der Waals surface area contributed by atoms with Crippen LogP contribution in [0.25, 0.3) is 10.9 Å². The number of ether oxygens (including phenoxy) is 1. The molecule has 3 N–H and O–H groups in total. The van der Waals surface area contributed by atoms with Crippen LogP contribution in [0.1, 0.15) is 37.4 Å². The third kappa shape index (κ3) is 5.55. The van der Waals surface area contributed by atoms with Crippen molar-refractivity contribution in [2.24, 2.45) is 5.92 Å². The number of nitrogens with one attached hydrogen (secondary N) is 1. The lowest BCUT2D eigenvalue weighted by atomic mass is 9.95. The first-order valence-electron chi connectivity index (χ1n) is 12.7. The molecule has 2 atom stereocenters. The minimum Gasteiger partial charge on any atom is -0.487 e. The summed E-state index contributed by atoms with van der Waals surface area (Å²) in [6.07, 6.45) is 0.155. The van der Waals surface area contributed by atoms with Gasteiger partial charge >= 0.3 is 6.09 Å². The van der Waals surface area contributed by atoms with Crippen molar-refractivity contribution < 1.29 is 29.4 Å². The first-order chi connectivity index (χ1) is 18.3. The van der Waals surface area contributed by atoms with Crippen LogP contribution in [0.3, 0.4) is 0 Å². The van der Waals surface area contributed by atoms with Crippen molar-refractivity contribution in [1.82, 2.24) is 15.4 Å². The lowest BCUT2D eigenvalue weighted by Gasteiger charge is -2.31. The van der Waals surface area contributed by atoms with Crippen LogP contribution in [0.2, 0.25) is 0 Å². The molecule has 0 spiro atoms. The molecule has 0 saturated carbocycles. The highest BCUT2D eigenvalue weighted by molar-refractivity contribution is 6.02. The fourth-order valence-corrected chi connectivity index (χ4v) is 5.00. The normalized spacial score (nSPS) is 15.9. The molecule has 1 fully saturated rings. The lowest BCUT2D eigenvalue weighted by molar-refractivity contribution is -0.139. The Hall–Kier alpha value is -4.18. The Kier molecular flexibility index (Phi) is 8.42. The van der Waals surface area contributed by atoms with E-state index in [1.54, 1.807) is 23.7 Å². The highest BCUT2D eigenvalue weighted by Gasteiger charge is 2.46. The molecular formula is C28H32N4O6. The van der Waals surface area contributed by atoms with E-state index in [2.05, 4.69) is 4.98 Å². The average Bonchev–Trinajstić information content (AvgIpc) is 3.29. The monoisotopic (exact) mass is 520 g/mol. The van der Waals surface area contributed by atoms with Gasteiger partial charge in [0.05, 0.1) is 17.1 Å². The molecule has 0 radical (unpaired) electrons. The maximum atomic E-state index is 13.6. The topological polar surface area (TPSA) is 132 Å². The molecule has 2 heterocycles. The Morgan fingerprint density at radius 1 is 1.21 bits per heavy atom. The molecule has 38 heavy (non-hydrogen) atoms. The van der Waals surface area contributed by atoms with Gasteiger partial charge < -0.3 is 14.7 Å². The van der Waals surface area contributed by atoms with Gasteiger partial charge in [0.2, 0.25) is 5.91 Å². The Labute approximate surface area is 220 Å². The van der Waals surface area contributed by atoms with Crippen molar-refractivity contribution in [2.45, 2.75) is 45.8 Å². The number of amides is 3. The molecule has 0 unspecified atom stereocenters. The van der Waals surface area contributed by atoms with Gasteiger partial charge in [0.1, 0.15) is 18.4 Å². The second-order valence-electron chi connectivity index (χ2n) is 9.33. The van der Waals surface area contributed by atoms with Crippen LogP contribution >= 0.6 is 0 Å². The molecule has 3 amide bonds. The van der Waals surface area contributed by atoms with Crippen LogP contribution < -0.4 is 15.1 Å². The SMILES string of the molecule is CCCCN(C(=O)O)[C@H](C(=O)NO)[C@H]1CCN(c2ccccc2OCc2cc(C)nc3ccccc23)C1=O. The zero-order valence-corrected chi connectivity index (χ0v) is 21.5. The summed E-state index contributed by atoms with van der Waals surface area (Å²) in [4.78, 5) is 45.2. The summed E-state index contributed by atoms with van der Waals surface area (Å²) in [6, 6.07) is 15.6. The van der Waals surface area contributed by atoms with Crippen molar-refractivity contribution in [1.29, 1.82) is 0 Å². The summed E-state index contributed by atoms with van der Waals surface area (Å²) in [7, 11) is 0. The van der Waals surface area contributed by atoms with Gasteiger partial charge in [-0.2, -0.15) is 0 Å². The van der Waals surface area contributed by atoms with Gasteiger partial charge in [0.25, 0.3) is 5.91 Å². The molecule has 2 aromatic carbocycles. The van der Waals surface area contributed by atoms with Gasteiger partial charge in [0.15, 0.2) is 0 Å². The third-order valence-corrected chi connectivity index (χ3v) is 6.81. The van der Waals surface area contributed by atoms with Gasteiger partial charge in [-0.05, 0) is 44.0 Å². The Balaban J connectivity index is 1.59. The Morgan fingerprint density at radius 3 is 2.68 bits per heavy atom. The van der Waals surface area contributed by atoms with Crippen molar-refractivity contribution in [3.05, 3.63) is 65.9 Å². The smallest absolute Gasteiger partial charge is 0.408 e. The van der Waals surface area contributed by atoms with Gasteiger partial charge in [-0.3, -0.25) is 24.7 Å². The minimum atomic E-state index is -1.35. The van der Waals surface area contributed by atoms with Crippen molar-refractivity contribution in [3.63, 3.8) is 0 Å². The molecule has 1 aliphatic heterocycles. The molecule has 1 aliphatic rings. The Bertz CT molecular complexity index is 1330. The fourth-order valence-electron chi connectivity index (χ4n) is 5.00. The predicted octanol–water partition coefficient (Wildman–Crippen LogP) is 4.13. The Morgan fingerprint density at radius 2 is 1.95 bits per heavy atom.